The van der Waals surface area contributed by atoms with E-state index in [1.807, 2.05) is 22.2 Å². The summed E-state index contributed by atoms with van der Waals surface area (Å²) in [5, 5.41) is 5.40. The molecule has 2 aromatic rings. The Kier molecular flexibility index (Phi) is 3.00. The number of nitrogens with one attached hydrogen (secondary N) is 1. The highest BCUT2D eigenvalue weighted by Gasteiger charge is 2.15. The first-order valence-electron chi connectivity index (χ1n) is 4.83. The Morgan fingerprint density at radius 2 is 2.40 bits per heavy atom. The second-order valence-electron chi connectivity index (χ2n) is 4.20. The topological polar surface area (TPSA) is 29.3 Å². The van der Waals surface area contributed by atoms with Crippen molar-refractivity contribution in [3.63, 3.8) is 0 Å². The Balaban J connectivity index is 2.04. The van der Waals surface area contributed by atoms with Crippen LogP contribution in [0.15, 0.2) is 17.8 Å². The number of rotatable bonds is 4. The van der Waals surface area contributed by atoms with Crippen LogP contribution in [0.5, 0.6) is 0 Å². The van der Waals surface area contributed by atoms with Crippen molar-refractivity contribution in [3.05, 3.63) is 23.5 Å². The first-order valence-corrected chi connectivity index (χ1v) is 6.24. The molecular weight excluding hydrogens is 230 g/mol. The molecular formula is C10H14ClN3S. The minimum absolute atomic E-state index is 0.0431. The van der Waals surface area contributed by atoms with Gasteiger partial charge in [0.15, 0.2) is 4.96 Å². The summed E-state index contributed by atoms with van der Waals surface area (Å²) in [4.78, 5) is 5.52. The molecule has 0 fully saturated rings. The summed E-state index contributed by atoms with van der Waals surface area (Å²) in [6.07, 6.45) is 4.06. The molecule has 1 N–H and O–H groups in total. The van der Waals surface area contributed by atoms with E-state index in [0.717, 1.165) is 17.2 Å². The van der Waals surface area contributed by atoms with Gasteiger partial charge in [-0.1, -0.05) is 0 Å². The van der Waals surface area contributed by atoms with Crippen LogP contribution >= 0.6 is 22.9 Å². The Labute approximate surface area is 98.1 Å². The van der Waals surface area contributed by atoms with E-state index in [4.69, 9.17) is 11.6 Å². The molecule has 0 spiro atoms. The molecule has 0 atom stereocenters. The maximum Gasteiger partial charge on any atom is 0.193 e. The van der Waals surface area contributed by atoms with Crippen LogP contribution in [-0.2, 0) is 6.54 Å². The van der Waals surface area contributed by atoms with Crippen molar-refractivity contribution < 1.29 is 0 Å². The highest BCUT2D eigenvalue weighted by molar-refractivity contribution is 7.15. The summed E-state index contributed by atoms with van der Waals surface area (Å²) in [6, 6.07) is 0. The minimum atomic E-state index is -0.0431. The Hall–Kier alpha value is -0.580. The molecule has 0 aromatic carbocycles. The fourth-order valence-corrected chi connectivity index (χ4v) is 2.05. The van der Waals surface area contributed by atoms with E-state index in [-0.39, 0.29) is 5.54 Å². The molecule has 2 aromatic heterocycles. The van der Waals surface area contributed by atoms with Crippen LogP contribution < -0.4 is 5.32 Å². The number of hydrogen-bond donors (Lipinski definition) is 1. The highest BCUT2D eigenvalue weighted by atomic mass is 35.5. The predicted molar refractivity (Wildman–Crippen MR) is 64.7 cm³/mol. The van der Waals surface area contributed by atoms with Gasteiger partial charge < -0.3 is 5.32 Å². The lowest BCUT2D eigenvalue weighted by Crippen LogP contribution is -2.40. The Morgan fingerprint density at radius 1 is 1.60 bits per heavy atom. The molecule has 0 radical (unpaired) electrons. The molecule has 3 nitrogen and oxygen atoms in total. The largest absolute Gasteiger partial charge is 0.305 e. The highest BCUT2D eigenvalue weighted by Crippen LogP contribution is 2.12. The zero-order chi connectivity index (χ0) is 10.9. The quantitative estimate of drug-likeness (QED) is 0.837. The maximum absolute atomic E-state index is 5.83. The molecule has 0 unspecified atom stereocenters. The number of aromatic nitrogens is 2. The third-order valence-electron chi connectivity index (χ3n) is 2.23. The number of halogens is 1. The van der Waals surface area contributed by atoms with Gasteiger partial charge >= 0.3 is 0 Å². The molecule has 2 rings (SSSR count). The van der Waals surface area contributed by atoms with Gasteiger partial charge in [0.2, 0.25) is 0 Å². The van der Waals surface area contributed by atoms with Gasteiger partial charge in [-0.05, 0) is 13.8 Å². The smallest absolute Gasteiger partial charge is 0.193 e. The SMILES string of the molecule is CC(C)(CCl)NCc1cn2ccsc2n1. The van der Waals surface area contributed by atoms with Gasteiger partial charge in [0.25, 0.3) is 0 Å². The van der Waals surface area contributed by atoms with Gasteiger partial charge in [-0.3, -0.25) is 4.40 Å². The number of hydrogen-bond acceptors (Lipinski definition) is 3. The lowest BCUT2D eigenvalue weighted by molar-refractivity contribution is 0.427. The van der Waals surface area contributed by atoms with E-state index < -0.39 is 0 Å². The molecule has 15 heavy (non-hydrogen) atoms. The van der Waals surface area contributed by atoms with E-state index in [9.17, 15) is 0 Å². The second kappa shape index (κ2) is 4.12. The third-order valence-corrected chi connectivity index (χ3v) is 3.66. The molecule has 0 amide bonds. The third kappa shape index (κ3) is 2.51. The number of imidazole rings is 1. The fourth-order valence-electron chi connectivity index (χ4n) is 1.24. The van der Waals surface area contributed by atoms with Crippen molar-refractivity contribution >= 4 is 27.9 Å². The summed E-state index contributed by atoms with van der Waals surface area (Å²) < 4.78 is 2.04. The van der Waals surface area contributed by atoms with Gasteiger partial charge in [0.1, 0.15) is 0 Å². The van der Waals surface area contributed by atoms with Crippen LogP contribution in [0.1, 0.15) is 19.5 Å². The van der Waals surface area contributed by atoms with Crippen LogP contribution in [0.25, 0.3) is 4.96 Å². The molecule has 0 bridgehead atoms. The number of thiazole rings is 1. The second-order valence-corrected chi connectivity index (χ2v) is 5.34. The zero-order valence-corrected chi connectivity index (χ0v) is 10.4. The Morgan fingerprint density at radius 3 is 3.07 bits per heavy atom. The molecule has 5 heteroatoms. The minimum Gasteiger partial charge on any atom is -0.305 e. The standard InChI is InChI=1S/C10H14ClN3S/c1-10(2,7-11)12-5-8-6-14-3-4-15-9(14)13-8/h3-4,6,12H,5,7H2,1-2H3. The van der Waals surface area contributed by atoms with Gasteiger partial charge in [-0.15, -0.1) is 22.9 Å². The normalized spacial score (nSPS) is 12.5. The summed E-state index contributed by atoms with van der Waals surface area (Å²) in [5.74, 6) is 0.592. The fraction of sp³-hybridized carbons (Fsp3) is 0.500. The molecule has 0 aliphatic rings. The van der Waals surface area contributed by atoms with E-state index in [0.29, 0.717) is 5.88 Å². The van der Waals surface area contributed by atoms with Crippen LogP contribution in [0.3, 0.4) is 0 Å². The van der Waals surface area contributed by atoms with Gasteiger partial charge in [-0.2, -0.15) is 0 Å². The number of nitrogens with zero attached hydrogens (tertiary/aromatic N) is 2. The zero-order valence-electron chi connectivity index (χ0n) is 8.83. The lowest BCUT2D eigenvalue weighted by atomic mass is 10.1. The average molecular weight is 244 g/mol. The van der Waals surface area contributed by atoms with E-state index >= 15 is 0 Å². The maximum atomic E-state index is 5.83. The molecule has 0 aliphatic carbocycles. The van der Waals surface area contributed by atoms with Crippen LogP contribution in [0.4, 0.5) is 0 Å². The first kappa shape index (κ1) is 10.9. The van der Waals surface area contributed by atoms with Crippen molar-refractivity contribution in [2.45, 2.75) is 25.9 Å². The van der Waals surface area contributed by atoms with E-state index in [1.165, 1.54) is 0 Å². The molecule has 2 heterocycles. The summed E-state index contributed by atoms with van der Waals surface area (Å²) in [5.41, 5.74) is 1.01. The van der Waals surface area contributed by atoms with Crippen LogP contribution in [0, 0.1) is 0 Å². The van der Waals surface area contributed by atoms with E-state index in [1.54, 1.807) is 11.3 Å². The number of alkyl halides is 1. The Bertz CT molecular complexity index is 418. The van der Waals surface area contributed by atoms with Crippen molar-refractivity contribution in [2.24, 2.45) is 0 Å². The molecule has 0 saturated carbocycles. The van der Waals surface area contributed by atoms with Crippen molar-refractivity contribution in [2.75, 3.05) is 5.88 Å². The number of fused-ring (bicyclic) bond motifs is 1. The average Bonchev–Trinajstić information content (AvgIpc) is 2.74. The van der Waals surface area contributed by atoms with Crippen molar-refractivity contribution in [1.29, 1.82) is 0 Å². The summed E-state index contributed by atoms with van der Waals surface area (Å²) in [6.45, 7) is 4.92. The lowest BCUT2D eigenvalue weighted by Gasteiger charge is -2.22. The van der Waals surface area contributed by atoms with Gasteiger partial charge in [0.05, 0.1) is 5.69 Å². The summed E-state index contributed by atoms with van der Waals surface area (Å²) in [7, 11) is 0. The van der Waals surface area contributed by atoms with Gasteiger partial charge in [0, 0.05) is 35.7 Å². The first-order chi connectivity index (χ1) is 7.11. The predicted octanol–water partition coefficient (Wildman–Crippen LogP) is 2.50. The monoisotopic (exact) mass is 243 g/mol. The molecule has 0 aliphatic heterocycles. The van der Waals surface area contributed by atoms with Crippen LogP contribution in [0.2, 0.25) is 0 Å². The van der Waals surface area contributed by atoms with Crippen molar-refractivity contribution in [1.82, 2.24) is 14.7 Å². The summed E-state index contributed by atoms with van der Waals surface area (Å²) >= 11 is 7.48. The molecule has 0 saturated heterocycles. The van der Waals surface area contributed by atoms with Crippen LogP contribution in [-0.4, -0.2) is 20.8 Å². The molecule has 82 valence electrons. The van der Waals surface area contributed by atoms with Crippen molar-refractivity contribution in [3.8, 4) is 0 Å². The van der Waals surface area contributed by atoms with E-state index in [2.05, 4.69) is 24.1 Å². The van der Waals surface area contributed by atoms with Gasteiger partial charge in [-0.25, -0.2) is 4.98 Å².